The molecule has 1 amide bonds. The highest BCUT2D eigenvalue weighted by Gasteiger charge is 2.18. The van der Waals surface area contributed by atoms with Gasteiger partial charge in [0.15, 0.2) is 11.5 Å². The summed E-state index contributed by atoms with van der Waals surface area (Å²) in [6, 6.07) is 11.2. The number of rotatable bonds is 10. The van der Waals surface area contributed by atoms with E-state index in [4.69, 9.17) is 9.47 Å². The van der Waals surface area contributed by atoms with E-state index in [9.17, 15) is 9.18 Å². The molecule has 1 unspecified atom stereocenters. The van der Waals surface area contributed by atoms with E-state index >= 15 is 0 Å². The Morgan fingerprint density at radius 1 is 1.04 bits per heavy atom. The number of nitrogens with one attached hydrogen (secondary N) is 1. The van der Waals surface area contributed by atoms with Crippen molar-refractivity contribution >= 4 is 5.91 Å². The van der Waals surface area contributed by atoms with Crippen molar-refractivity contribution in [2.24, 2.45) is 0 Å². The highest BCUT2D eigenvalue weighted by atomic mass is 19.1. The molecule has 28 heavy (non-hydrogen) atoms. The van der Waals surface area contributed by atoms with Gasteiger partial charge in [-0.05, 0) is 76.8 Å². The standard InChI is InChI=1S/C22H29FN2O3/c1-5-27-20-12-9-17(15-21(20)28-6-2)22(26)24-19(13-14-25(3)4)16-7-10-18(23)11-8-16/h7-12,15,19H,5-6,13-14H2,1-4H3,(H,24,26). The molecule has 2 rings (SSSR count). The van der Waals surface area contributed by atoms with Crippen LogP contribution in [0.2, 0.25) is 0 Å². The van der Waals surface area contributed by atoms with Crippen LogP contribution in [0.4, 0.5) is 4.39 Å². The molecule has 2 aromatic carbocycles. The van der Waals surface area contributed by atoms with Gasteiger partial charge in [-0.15, -0.1) is 0 Å². The number of ether oxygens (including phenoxy) is 2. The predicted octanol–water partition coefficient (Wildman–Crippen LogP) is 4.05. The first kappa shape index (κ1) is 21.7. The summed E-state index contributed by atoms with van der Waals surface area (Å²) < 4.78 is 24.4. The van der Waals surface area contributed by atoms with E-state index in [1.165, 1.54) is 12.1 Å². The highest BCUT2D eigenvalue weighted by molar-refractivity contribution is 5.95. The van der Waals surface area contributed by atoms with Crippen molar-refractivity contribution in [3.63, 3.8) is 0 Å². The average Bonchev–Trinajstić information content (AvgIpc) is 2.67. The first-order valence-electron chi connectivity index (χ1n) is 9.55. The minimum absolute atomic E-state index is 0.211. The maximum absolute atomic E-state index is 13.3. The second-order valence-corrected chi connectivity index (χ2v) is 6.70. The van der Waals surface area contributed by atoms with Crippen molar-refractivity contribution in [3.05, 3.63) is 59.4 Å². The van der Waals surface area contributed by atoms with Crippen LogP contribution in [-0.2, 0) is 0 Å². The first-order valence-corrected chi connectivity index (χ1v) is 9.55. The molecule has 0 aromatic heterocycles. The molecule has 5 nitrogen and oxygen atoms in total. The third-order valence-corrected chi connectivity index (χ3v) is 4.25. The van der Waals surface area contributed by atoms with Crippen LogP contribution in [0, 0.1) is 5.82 Å². The van der Waals surface area contributed by atoms with E-state index in [2.05, 4.69) is 5.32 Å². The normalized spacial score (nSPS) is 11.9. The van der Waals surface area contributed by atoms with Crippen molar-refractivity contribution in [2.45, 2.75) is 26.3 Å². The summed E-state index contributed by atoms with van der Waals surface area (Å²) in [5.41, 5.74) is 1.36. The van der Waals surface area contributed by atoms with Crippen LogP contribution in [0.15, 0.2) is 42.5 Å². The fraction of sp³-hybridized carbons (Fsp3) is 0.409. The molecule has 0 saturated carbocycles. The van der Waals surface area contributed by atoms with E-state index < -0.39 is 0 Å². The topological polar surface area (TPSA) is 50.8 Å². The zero-order chi connectivity index (χ0) is 20.5. The molecule has 1 atom stereocenters. The Balaban J connectivity index is 2.21. The van der Waals surface area contributed by atoms with E-state index in [1.54, 1.807) is 30.3 Å². The Hall–Kier alpha value is -2.60. The molecular weight excluding hydrogens is 359 g/mol. The third-order valence-electron chi connectivity index (χ3n) is 4.25. The van der Waals surface area contributed by atoms with Crippen LogP contribution in [0.1, 0.15) is 42.2 Å². The largest absolute Gasteiger partial charge is 0.490 e. The van der Waals surface area contributed by atoms with Crippen LogP contribution < -0.4 is 14.8 Å². The number of carbonyl (C=O) groups excluding carboxylic acids is 1. The van der Waals surface area contributed by atoms with Gasteiger partial charge in [0.25, 0.3) is 5.91 Å². The van der Waals surface area contributed by atoms with Gasteiger partial charge in [0.1, 0.15) is 5.82 Å². The maximum atomic E-state index is 13.3. The Kier molecular flexibility index (Phi) is 8.26. The Morgan fingerprint density at radius 3 is 2.29 bits per heavy atom. The molecule has 0 spiro atoms. The van der Waals surface area contributed by atoms with Crippen molar-refractivity contribution in [1.29, 1.82) is 0 Å². The summed E-state index contributed by atoms with van der Waals surface area (Å²) in [5.74, 6) is 0.651. The van der Waals surface area contributed by atoms with Crippen molar-refractivity contribution in [2.75, 3.05) is 33.9 Å². The number of nitrogens with zero attached hydrogens (tertiary/aromatic N) is 1. The van der Waals surface area contributed by atoms with Gasteiger partial charge in [0.2, 0.25) is 0 Å². The minimum atomic E-state index is -0.297. The van der Waals surface area contributed by atoms with Crippen LogP contribution >= 0.6 is 0 Å². The average molecular weight is 388 g/mol. The fourth-order valence-corrected chi connectivity index (χ4v) is 2.84. The predicted molar refractivity (Wildman–Crippen MR) is 109 cm³/mol. The zero-order valence-corrected chi connectivity index (χ0v) is 17.0. The molecule has 0 aliphatic heterocycles. The number of carbonyl (C=O) groups is 1. The number of hydrogen-bond donors (Lipinski definition) is 1. The third kappa shape index (κ3) is 6.23. The van der Waals surface area contributed by atoms with Gasteiger partial charge in [0, 0.05) is 5.56 Å². The lowest BCUT2D eigenvalue weighted by molar-refractivity contribution is 0.0932. The van der Waals surface area contributed by atoms with Gasteiger partial charge in [-0.2, -0.15) is 0 Å². The van der Waals surface area contributed by atoms with Crippen molar-refractivity contribution < 1.29 is 18.7 Å². The van der Waals surface area contributed by atoms with Gasteiger partial charge in [-0.1, -0.05) is 12.1 Å². The van der Waals surface area contributed by atoms with Crippen molar-refractivity contribution in [3.8, 4) is 11.5 Å². The number of halogens is 1. The van der Waals surface area contributed by atoms with Gasteiger partial charge in [-0.3, -0.25) is 4.79 Å². The SMILES string of the molecule is CCOc1ccc(C(=O)NC(CCN(C)C)c2ccc(F)cc2)cc1OCC. The number of benzene rings is 2. The quantitative estimate of drug-likeness (QED) is 0.667. The first-order chi connectivity index (χ1) is 13.4. The van der Waals surface area contributed by atoms with Gasteiger partial charge >= 0.3 is 0 Å². The Labute approximate surface area is 166 Å². The highest BCUT2D eigenvalue weighted by Crippen LogP contribution is 2.29. The van der Waals surface area contributed by atoms with Crippen LogP contribution in [0.25, 0.3) is 0 Å². The molecule has 6 heteroatoms. The summed E-state index contributed by atoms with van der Waals surface area (Å²) >= 11 is 0. The smallest absolute Gasteiger partial charge is 0.251 e. The molecule has 152 valence electrons. The molecule has 0 saturated heterocycles. The summed E-state index contributed by atoms with van der Waals surface area (Å²) in [6.45, 7) is 5.56. The van der Waals surface area contributed by atoms with E-state index in [-0.39, 0.29) is 17.8 Å². The zero-order valence-electron chi connectivity index (χ0n) is 17.0. The fourth-order valence-electron chi connectivity index (χ4n) is 2.84. The summed E-state index contributed by atoms with van der Waals surface area (Å²) in [4.78, 5) is 14.9. The van der Waals surface area contributed by atoms with Gasteiger partial charge < -0.3 is 19.7 Å². The minimum Gasteiger partial charge on any atom is -0.490 e. The monoisotopic (exact) mass is 388 g/mol. The molecule has 0 bridgehead atoms. The van der Waals surface area contributed by atoms with Crippen LogP contribution in [0.5, 0.6) is 11.5 Å². The van der Waals surface area contributed by atoms with Gasteiger partial charge in [-0.25, -0.2) is 4.39 Å². The molecular formula is C22H29FN2O3. The summed E-state index contributed by atoms with van der Waals surface area (Å²) in [6.07, 6.45) is 0.708. The molecule has 0 aliphatic carbocycles. The number of amides is 1. The lowest BCUT2D eigenvalue weighted by Gasteiger charge is -2.22. The molecule has 0 aliphatic rings. The molecule has 0 heterocycles. The second-order valence-electron chi connectivity index (χ2n) is 6.70. The lowest BCUT2D eigenvalue weighted by atomic mass is 10.0. The molecule has 1 N–H and O–H groups in total. The van der Waals surface area contributed by atoms with E-state index in [0.717, 1.165) is 12.1 Å². The Morgan fingerprint density at radius 2 is 1.68 bits per heavy atom. The lowest BCUT2D eigenvalue weighted by Crippen LogP contribution is -2.31. The molecule has 2 aromatic rings. The van der Waals surface area contributed by atoms with Crippen molar-refractivity contribution in [1.82, 2.24) is 10.2 Å². The van der Waals surface area contributed by atoms with E-state index in [1.807, 2.05) is 32.8 Å². The molecule has 0 fully saturated rings. The van der Waals surface area contributed by atoms with E-state index in [0.29, 0.717) is 36.7 Å². The molecule has 0 radical (unpaired) electrons. The summed E-state index contributed by atoms with van der Waals surface area (Å²) in [7, 11) is 3.95. The maximum Gasteiger partial charge on any atom is 0.251 e. The Bertz CT molecular complexity index is 763. The summed E-state index contributed by atoms with van der Waals surface area (Å²) in [5, 5.41) is 3.06. The number of hydrogen-bond acceptors (Lipinski definition) is 4. The van der Waals surface area contributed by atoms with Gasteiger partial charge in [0.05, 0.1) is 19.3 Å². The second kappa shape index (κ2) is 10.7. The van der Waals surface area contributed by atoms with Crippen LogP contribution in [0.3, 0.4) is 0 Å². The van der Waals surface area contributed by atoms with Crippen LogP contribution in [-0.4, -0.2) is 44.7 Å².